The fraction of sp³-hybridized carbons (Fsp3) is 0.333. The van der Waals surface area contributed by atoms with E-state index in [0.29, 0.717) is 12.6 Å². The molecule has 0 spiro atoms. The van der Waals surface area contributed by atoms with Crippen LogP contribution in [0.2, 0.25) is 0 Å². The molecule has 4 rings (SSSR count). The second kappa shape index (κ2) is 5.57. The molecular formula is C18H20N2O2S. The van der Waals surface area contributed by atoms with Crippen LogP contribution in [0.1, 0.15) is 18.4 Å². The maximum absolute atomic E-state index is 12.9. The summed E-state index contributed by atoms with van der Waals surface area (Å²) in [7, 11) is -3.37. The molecule has 0 N–H and O–H groups in total. The lowest BCUT2D eigenvalue weighted by molar-refractivity contribution is 0.587. The Morgan fingerprint density at radius 1 is 0.870 bits per heavy atom. The third-order valence-electron chi connectivity index (χ3n) is 4.52. The zero-order chi connectivity index (χ0) is 15.9. The van der Waals surface area contributed by atoms with E-state index in [2.05, 4.69) is 4.90 Å². The first-order valence-corrected chi connectivity index (χ1v) is 9.66. The molecule has 0 saturated heterocycles. The minimum absolute atomic E-state index is 0.0472. The van der Waals surface area contributed by atoms with Crippen LogP contribution in [-0.4, -0.2) is 27.5 Å². The van der Waals surface area contributed by atoms with Crippen molar-refractivity contribution in [1.29, 1.82) is 0 Å². The van der Waals surface area contributed by atoms with Crippen molar-refractivity contribution in [3.05, 3.63) is 60.2 Å². The van der Waals surface area contributed by atoms with Crippen molar-refractivity contribution >= 4 is 21.4 Å². The first-order valence-electron chi connectivity index (χ1n) is 8.05. The zero-order valence-corrected chi connectivity index (χ0v) is 13.7. The number of benzene rings is 2. The van der Waals surface area contributed by atoms with Gasteiger partial charge in [0.05, 0.1) is 23.7 Å². The Kier molecular flexibility index (Phi) is 3.53. The molecule has 2 aromatic carbocycles. The molecular weight excluding hydrogens is 308 g/mol. The summed E-state index contributed by atoms with van der Waals surface area (Å²) in [6.07, 6.45) is 2.43. The summed E-state index contributed by atoms with van der Waals surface area (Å²) in [6.45, 7) is 1.30. The van der Waals surface area contributed by atoms with Gasteiger partial charge in [-0.25, -0.2) is 8.42 Å². The second-order valence-electron chi connectivity index (χ2n) is 6.23. The van der Waals surface area contributed by atoms with Gasteiger partial charge < -0.3 is 4.90 Å². The van der Waals surface area contributed by atoms with Gasteiger partial charge >= 0.3 is 0 Å². The van der Waals surface area contributed by atoms with Gasteiger partial charge in [-0.15, -0.1) is 0 Å². The molecule has 0 unspecified atom stereocenters. The van der Waals surface area contributed by atoms with Crippen molar-refractivity contribution in [3.63, 3.8) is 0 Å². The molecule has 4 nitrogen and oxygen atoms in total. The molecule has 1 aliphatic carbocycles. The fourth-order valence-electron chi connectivity index (χ4n) is 3.27. The van der Waals surface area contributed by atoms with E-state index in [4.69, 9.17) is 0 Å². The van der Waals surface area contributed by atoms with Gasteiger partial charge in [-0.2, -0.15) is 0 Å². The summed E-state index contributed by atoms with van der Waals surface area (Å²) in [5.74, 6) is 0.0472. The average molecular weight is 328 g/mol. The number of rotatable bonds is 4. The number of hydrogen-bond donors (Lipinski definition) is 0. The van der Waals surface area contributed by atoms with Gasteiger partial charge in [0.1, 0.15) is 0 Å². The summed E-state index contributed by atoms with van der Waals surface area (Å²) in [6, 6.07) is 17.9. The first kappa shape index (κ1) is 14.6. The lowest BCUT2D eigenvalue weighted by Gasteiger charge is -2.38. The number of nitrogens with zero attached hydrogens (tertiary/aromatic N) is 2. The van der Waals surface area contributed by atoms with Crippen LogP contribution in [0.15, 0.2) is 54.6 Å². The lowest BCUT2D eigenvalue weighted by atomic mass is 10.2. The van der Waals surface area contributed by atoms with Gasteiger partial charge in [0, 0.05) is 12.6 Å². The van der Waals surface area contributed by atoms with Crippen molar-refractivity contribution < 1.29 is 8.42 Å². The minimum Gasteiger partial charge on any atom is -0.365 e. The molecule has 120 valence electrons. The number of fused-ring (bicyclic) bond motifs is 1. The third-order valence-corrected chi connectivity index (χ3v) is 6.27. The first-order chi connectivity index (χ1) is 11.1. The Morgan fingerprint density at radius 2 is 1.52 bits per heavy atom. The Bertz CT molecular complexity index is 801. The maximum atomic E-state index is 12.9. The van der Waals surface area contributed by atoms with Crippen LogP contribution in [0.5, 0.6) is 0 Å². The summed E-state index contributed by atoms with van der Waals surface area (Å²) >= 11 is 0. The number of para-hydroxylation sites is 2. The molecule has 2 aliphatic rings. The molecule has 1 heterocycles. The molecule has 0 atom stereocenters. The van der Waals surface area contributed by atoms with Gasteiger partial charge in [0.25, 0.3) is 0 Å². The normalized spacial score (nSPS) is 17.9. The van der Waals surface area contributed by atoms with E-state index in [0.717, 1.165) is 23.5 Å². The third kappa shape index (κ3) is 2.81. The molecule has 5 heteroatoms. The van der Waals surface area contributed by atoms with E-state index in [1.807, 2.05) is 54.6 Å². The highest BCUT2D eigenvalue weighted by Gasteiger charge is 2.36. The topological polar surface area (TPSA) is 40.6 Å². The van der Waals surface area contributed by atoms with E-state index in [-0.39, 0.29) is 5.75 Å². The van der Waals surface area contributed by atoms with Crippen molar-refractivity contribution in [2.75, 3.05) is 22.3 Å². The molecule has 0 radical (unpaired) electrons. The van der Waals surface area contributed by atoms with Gasteiger partial charge in [-0.3, -0.25) is 4.31 Å². The summed E-state index contributed by atoms with van der Waals surface area (Å²) in [4.78, 5) is 2.36. The van der Waals surface area contributed by atoms with Crippen LogP contribution in [0.4, 0.5) is 11.4 Å². The summed E-state index contributed by atoms with van der Waals surface area (Å²) < 4.78 is 27.4. The molecule has 1 aliphatic heterocycles. The zero-order valence-electron chi connectivity index (χ0n) is 12.9. The highest BCUT2D eigenvalue weighted by Crippen LogP contribution is 2.41. The van der Waals surface area contributed by atoms with Crippen molar-refractivity contribution in [3.8, 4) is 0 Å². The molecule has 1 saturated carbocycles. The molecule has 0 aromatic heterocycles. The molecule has 1 fully saturated rings. The predicted octanol–water partition coefficient (Wildman–Crippen LogP) is 3.01. The van der Waals surface area contributed by atoms with E-state index in [9.17, 15) is 8.42 Å². The Balaban J connectivity index is 1.67. The van der Waals surface area contributed by atoms with Gasteiger partial charge in [-0.1, -0.05) is 42.5 Å². The monoisotopic (exact) mass is 328 g/mol. The van der Waals surface area contributed by atoms with Crippen molar-refractivity contribution in [2.24, 2.45) is 0 Å². The van der Waals surface area contributed by atoms with E-state index < -0.39 is 10.0 Å². The average Bonchev–Trinajstić information content (AvgIpc) is 3.39. The molecule has 2 aromatic rings. The SMILES string of the molecule is O=S(=O)(Cc1ccccc1)N1CCN(C2CC2)c2ccccc21. The summed E-state index contributed by atoms with van der Waals surface area (Å²) in [5, 5.41) is 0. The maximum Gasteiger partial charge on any atom is 0.239 e. The smallest absolute Gasteiger partial charge is 0.239 e. The van der Waals surface area contributed by atoms with Crippen molar-refractivity contribution in [1.82, 2.24) is 0 Å². The van der Waals surface area contributed by atoms with Crippen LogP contribution in [-0.2, 0) is 15.8 Å². The number of anilines is 2. The van der Waals surface area contributed by atoms with E-state index >= 15 is 0 Å². The Hall–Kier alpha value is -2.01. The molecule has 0 amide bonds. The minimum atomic E-state index is -3.37. The fourth-order valence-corrected chi connectivity index (χ4v) is 4.86. The van der Waals surface area contributed by atoms with Crippen LogP contribution in [0, 0.1) is 0 Å². The predicted molar refractivity (Wildman–Crippen MR) is 93.2 cm³/mol. The molecule has 23 heavy (non-hydrogen) atoms. The van der Waals surface area contributed by atoms with Gasteiger partial charge in [0.15, 0.2) is 0 Å². The van der Waals surface area contributed by atoms with Crippen LogP contribution in [0.3, 0.4) is 0 Å². The quantitative estimate of drug-likeness (QED) is 0.866. The molecule has 0 bridgehead atoms. The highest BCUT2D eigenvalue weighted by atomic mass is 32.2. The van der Waals surface area contributed by atoms with Crippen LogP contribution in [0.25, 0.3) is 0 Å². The van der Waals surface area contributed by atoms with Crippen molar-refractivity contribution in [2.45, 2.75) is 24.6 Å². The number of sulfonamides is 1. The highest BCUT2D eigenvalue weighted by molar-refractivity contribution is 7.92. The van der Waals surface area contributed by atoms with Gasteiger partial charge in [-0.05, 0) is 30.5 Å². The van der Waals surface area contributed by atoms with E-state index in [1.54, 1.807) is 4.31 Å². The van der Waals surface area contributed by atoms with E-state index in [1.165, 1.54) is 12.8 Å². The van der Waals surface area contributed by atoms with Crippen LogP contribution >= 0.6 is 0 Å². The summed E-state index contributed by atoms with van der Waals surface area (Å²) in [5.41, 5.74) is 2.70. The standard InChI is InChI=1S/C18H20N2O2S/c21-23(22,14-15-6-2-1-3-7-15)20-13-12-19(16-10-11-16)17-8-4-5-9-18(17)20/h1-9,16H,10-14H2. The Labute approximate surface area is 137 Å². The Morgan fingerprint density at radius 3 is 2.22 bits per heavy atom. The lowest BCUT2D eigenvalue weighted by Crippen LogP contribution is -2.45. The number of hydrogen-bond acceptors (Lipinski definition) is 3. The second-order valence-corrected chi connectivity index (χ2v) is 8.12. The van der Waals surface area contributed by atoms with Gasteiger partial charge in [0.2, 0.25) is 10.0 Å². The van der Waals surface area contributed by atoms with Crippen LogP contribution < -0.4 is 9.21 Å². The largest absolute Gasteiger partial charge is 0.365 e.